The number of rotatable bonds is 5. The van der Waals surface area contributed by atoms with Crippen molar-refractivity contribution in [2.75, 3.05) is 11.9 Å². The first-order valence-corrected chi connectivity index (χ1v) is 5.97. The second-order valence-corrected chi connectivity index (χ2v) is 4.12. The lowest BCUT2D eigenvalue weighted by molar-refractivity contribution is 0.666. The molecule has 4 nitrogen and oxygen atoms in total. The first-order valence-electron chi connectivity index (χ1n) is 5.97. The topological polar surface area (TPSA) is 42.7 Å². The molecule has 0 aliphatic carbocycles. The molecule has 0 bridgehead atoms. The standard InChI is InChI=1S/C13H18N4/c1-3-6-14-12-4-7-15-13(9-12)10-17-8-5-11(2)16-17/h4-5,7-9H,3,6,10H2,1-2H3,(H,14,15). The van der Waals surface area contributed by atoms with E-state index in [1.807, 2.05) is 36.1 Å². The molecule has 0 saturated carbocycles. The van der Waals surface area contributed by atoms with Crippen LogP contribution in [0.5, 0.6) is 0 Å². The summed E-state index contributed by atoms with van der Waals surface area (Å²) in [5, 5.41) is 7.71. The van der Waals surface area contributed by atoms with Crippen LogP contribution < -0.4 is 5.32 Å². The fourth-order valence-electron chi connectivity index (χ4n) is 1.66. The zero-order valence-corrected chi connectivity index (χ0v) is 10.3. The van der Waals surface area contributed by atoms with Crippen LogP contribution in [-0.4, -0.2) is 21.3 Å². The monoisotopic (exact) mass is 230 g/mol. The molecule has 2 aromatic rings. The average molecular weight is 230 g/mol. The van der Waals surface area contributed by atoms with Gasteiger partial charge in [0.2, 0.25) is 0 Å². The summed E-state index contributed by atoms with van der Waals surface area (Å²) in [6.45, 7) is 5.85. The third kappa shape index (κ3) is 3.31. The van der Waals surface area contributed by atoms with Gasteiger partial charge in [0.15, 0.2) is 0 Å². The highest BCUT2D eigenvalue weighted by atomic mass is 15.3. The number of nitrogens with zero attached hydrogens (tertiary/aromatic N) is 3. The van der Waals surface area contributed by atoms with Gasteiger partial charge in [-0.2, -0.15) is 5.10 Å². The third-order valence-corrected chi connectivity index (χ3v) is 2.49. The largest absolute Gasteiger partial charge is 0.385 e. The first kappa shape index (κ1) is 11.6. The van der Waals surface area contributed by atoms with E-state index in [-0.39, 0.29) is 0 Å². The minimum Gasteiger partial charge on any atom is -0.385 e. The Hall–Kier alpha value is -1.84. The van der Waals surface area contributed by atoms with Gasteiger partial charge in [-0.1, -0.05) is 6.92 Å². The summed E-state index contributed by atoms with van der Waals surface area (Å²) in [5.74, 6) is 0. The Labute approximate surface area is 102 Å². The van der Waals surface area contributed by atoms with Crippen LogP contribution in [0.15, 0.2) is 30.6 Å². The molecule has 4 heteroatoms. The molecular formula is C13H18N4. The Balaban J connectivity index is 2.05. The molecule has 0 unspecified atom stereocenters. The highest BCUT2D eigenvalue weighted by Gasteiger charge is 1.99. The van der Waals surface area contributed by atoms with Crippen LogP contribution in [0.3, 0.4) is 0 Å². The molecule has 90 valence electrons. The zero-order chi connectivity index (χ0) is 12.1. The molecule has 0 atom stereocenters. The average Bonchev–Trinajstić information content (AvgIpc) is 2.73. The van der Waals surface area contributed by atoms with Gasteiger partial charge in [-0.25, -0.2) is 0 Å². The maximum absolute atomic E-state index is 4.35. The van der Waals surface area contributed by atoms with E-state index >= 15 is 0 Å². The summed E-state index contributed by atoms with van der Waals surface area (Å²) in [7, 11) is 0. The number of hydrogen-bond acceptors (Lipinski definition) is 3. The summed E-state index contributed by atoms with van der Waals surface area (Å²) in [6, 6.07) is 6.07. The molecule has 0 aliphatic rings. The number of pyridine rings is 1. The molecule has 0 spiro atoms. The number of nitrogens with one attached hydrogen (secondary N) is 1. The van der Waals surface area contributed by atoms with Crippen molar-refractivity contribution >= 4 is 5.69 Å². The minimum absolute atomic E-state index is 0.718. The molecule has 0 saturated heterocycles. The van der Waals surface area contributed by atoms with Crippen molar-refractivity contribution in [3.63, 3.8) is 0 Å². The summed E-state index contributed by atoms with van der Waals surface area (Å²) in [5.41, 5.74) is 3.18. The minimum atomic E-state index is 0.718. The SMILES string of the molecule is CCCNc1ccnc(Cn2ccc(C)n2)c1. The van der Waals surface area contributed by atoms with Crippen LogP contribution in [-0.2, 0) is 6.54 Å². The summed E-state index contributed by atoms with van der Waals surface area (Å²) < 4.78 is 1.90. The lowest BCUT2D eigenvalue weighted by atomic mass is 10.3. The van der Waals surface area contributed by atoms with Crippen LogP contribution in [0.4, 0.5) is 5.69 Å². The van der Waals surface area contributed by atoms with Crippen molar-refractivity contribution in [1.29, 1.82) is 0 Å². The molecule has 0 aliphatic heterocycles. The Morgan fingerprint density at radius 1 is 1.35 bits per heavy atom. The van der Waals surface area contributed by atoms with Gasteiger partial charge in [0.25, 0.3) is 0 Å². The maximum Gasteiger partial charge on any atom is 0.0832 e. The van der Waals surface area contributed by atoms with Gasteiger partial charge >= 0.3 is 0 Å². The second kappa shape index (κ2) is 5.48. The molecule has 0 fully saturated rings. The first-order chi connectivity index (χ1) is 8.28. The Morgan fingerprint density at radius 2 is 2.24 bits per heavy atom. The quantitative estimate of drug-likeness (QED) is 0.858. The van der Waals surface area contributed by atoms with Crippen LogP contribution >= 0.6 is 0 Å². The van der Waals surface area contributed by atoms with Gasteiger partial charge in [-0.05, 0) is 31.5 Å². The van der Waals surface area contributed by atoms with E-state index in [0.29, 0.717) is 0 Å². The molecule has 17 heavy (non-hydrogen) atoms. The summed E-state index contributed by atoms with van der Waals surface area (Å²) in [4.78, 5) is 4.35. The fraction of sp³-hybridized carbons (Fsp3) is 0.385. The Kier molecular flexibility index (Phi) is 3.75. The lowest BCUT2D eigenvalue weighted by Crippen LogP contribution is -2.05. The number of aryl methyl sites for hydroxylation is 1. The smallest absolute Gasteiger partial charge is 0.0832 e. The summed E-state index contributed by atoms with van der Waals surface area (Å²) >= 11 is 0. The molecular weight excluding hydrogens is 212 g/mol. The number of aromatic nitrogens is 3. The highest BCUT2D eigenvalue weighted by Crippen LogP contribution is 2.09. The number of hydrogen-bond donors (Lipinski definition) is 1. The Morgan fingerprint density at radius 3 is 2.94 bits per heavy atom. The molecule has 2 aromatic heterocycles. The van der Waals surface area contributed by atoms with E-state index in [0.717, 1.165) is 36.6 Å². The second-order valence-electron chi connectivity index (χ2n) is 4.12. The van der Waals surface area contributed by atoms with Crippen LogP contribution in [0.2, 0.25) is 0 Å². The van der Waals surface area contributed by atoms with Gasteiger partial charge in [0, 0.05) is 24.6 Å². The maximum atomic E-state index is 4.35. The molecule has 0 radical (unpaired) electrons. The summed E-state index contributed by atoms with van der Waals surface area (Å²) in [6.07, 6.45) is 4.93. The molecule has 2 heterocycles. The van der Waals surface area contributed by atoms with Gasteiger partial charge in [0.05, 0.1) is 17.9 Å². The van der Waals surface area contributed by atoms with E-state index in [1.165, 1.54) is 0 Å². The van der Waals surface area contributed by atoms with Crippen molar-refractivity contribution in [3.8, 4) is 0 Å². The predicted octanol–water partition coefficient (Wildman–Crippen LogP) is 2.46. The molecule has 2 rings (SSSR count). The zero-order valence-electron chi connectivity index (χ0n) is 10.3. The van der Waals surface area contributed by atoms with Crippen LogP contribution in [0.25, 0.3) is 0 Å². The normalized spacial score (nSPS) is 10.5. The van der Waals surface area contributed by atoms with E-state index in [1.54, 1.807) is 0 Å². The third-order valence-electron chi connectivity index (χ3n) is 2.49. The fourth-order valence-corrected chi connectivity index (χ4v) is 1.66. The van der Waals surface area contributed by atoms with E-state index in [9.17, 15) is 0 Å². The van der Waals surface area contributed by atoms with Gasteiger partial charge in [-0.3, -0.25) is 9.67 Å². The van der Waals surface area contributed by atoms with Gasteiger partial charge < -0.3 is 5.32 Å². The Bertz CT molecular complexity index is 476. The predicted molar refractivity (Wildman–Crippen MR) is 69.1 cm³/mol. The molecule has 1 N–H and O–H groups in total. The van der Waals surface area contributed by atoms with Crippen molar-refractivity contribution < 1.29 is 0 Å². The van der Waals surface area contributed by atoms with E-state index < -0.39 is 0 Å². The molecule has 0 aromatic carbocycles. The van der Waals surface area contributed by atoms with Crippen molar-refractivity contribution in [1.82, 2.24) is 14.8 Å². The molecule has 0 amide bonds. The van der Waals surface area contributed by atoms with E-state index in [2.05, 4.69) is 28.4 Å². The van der Waals surface area contributed by atoms with Gasteiger partial charge in [-0.15, -0.1) is 0 Å². The highest BCUT2D eigenvalue weighted by molar-refractivity contribution is 5.43. The lowest BCUT2D eigenvalue weighted by Gasteiger charge is -2.06. The van der Waals surface area contributed by atoms with Gasteiger partial charge in [0.1, 0.15) is 0 Å². The van der Waals surface area contributed by atoms with Crippen LogP contribution in [0.1, 0.15) is 24.7 Å². The number of anilines is 1. The van der Waals surface area contributed by atoms with Crippen molar-refractivity contribution in [3.05, 3.63) is 42.0 Å². The van der Waals surface area contributed by atoms with Crippen molar-refractivity contribution in [2.45, 2.75) is 26.8 Å². The van der Waals surface area contributed by atoms with E-state index in [4.69, 9.17) is 0 Å². The van der Waals surface area contributed by atoms with Crippen molar-refractivity contribution in [2.24, 2.45) is 0 Å². The van der Waals surface area contributed by atoms with Crippen LogP contribution in [0, 0.1) is 6.92 Å².